The first kappa shape index (κ1) is 25.7. The Morgan fingerprint density at radius 1 is 0.889 bits per heavy atom. The van der Waals surface area contributed by atoms with E-state index in [1.54, 1.807) is 11.8 Å². The van der Waals surface area contributed by atoms with Crippen LogP contribution in [-0.2, 0) is 13.6 Å². The van der Waals surface area contributed by atoms with Gasteiger partial charge in [-0.25, -0.2) is 0 Å². The molecule has 5 atom stereocenters. The first-order valence-electron chi connectivity index (χ1n) is 10.3. The molecule has 0 bridgehead atoms. The minimum atomic E-state index is -2.07. The van der Waals surface area contributed by atoms with Crippen molar-refractivity contribution in [2.45, 2.75) is 122 Å². The largest absolute Gasteiger partial charge is 0.408 e. The second kappa shape index (κ2) is 8.78. The Morgan fingerprint density at radius 2 is 1.30 bits per heavy atom. The van der Waals surface area contributed by atoms with Crippen LogP contribution < -0.4 is 0 Å². The molecule has 0 radical (unpaired) electrons. The molecule has 4 nitrogen and oxygen atoms in total. The smallest absolute Gasteiger partial charge is 0.192 e. The Balaban J connectivity index is 3.28. The van der Waals surface area contributed by atoms with Crippen LogP contribution in [-0.4, -0.2) is 57.3 Å². The highest BCUT2D eigenvalue weighted by Crippen LogP contribution is 2.44. The number of hydrogen-bond acceptors (Lipinski definition) is 5. The van der Waals surface area contributed by atoms with Crippen LogP contribution in [0.4, 0.5) is 0 Å². The summed E-state index contributed by atoms with van der Waals surface area (Å²) in [6.07, 6.45) is -1.55. The highest BCUT2D eigenvalue weighted by molar-refractivity contribution is 7.99. The molecule has 1 heterocycles. The third-order valence-electron chi connectivity index (χ3n) is 6.56. The van der Waals surface area contributed by atoms with Crippen molar-refractivity contribution in [1.29, 1.82) is 0 Å². The zero-order valence-electron chi connectivity index (χ0n) is 19.7. The SMILES string of the molecule is CCS[C@H]1O[C@@H](C)[C@@H](O)[C@@H](O[Si](C)(C)C(C)(C)C)[C@@H]1O[Si](C)(C)C(C)(C)C. The third-order valence-corrected chi connectivity index (χ3v) is 16.6. The van der Waals surface area contributed by atoms with Crippen molar-refractivity contribution < 1.29 is 18.7 Å². The molecule has 27 heavy (non-hydrogen) atoms. The highest BCUT2D eigenvalue weighted by atomic mass is 32.2. The monoisotopic (exact) mass is 436 g/mol. The van der Waals surface area contributed by atoms with Crippen LogP contribution in [0.1, 0.15) is 55.4 Å². The van der Waals surface area contributed by atoms with E-state index in [0.717, 1.165) is 5.75 Å². The van der Waals surface area contributed by atoms with Gasteiger partial charge in [0, 0.05) is 0 Å². The van der Waals surface area contributed by atoms with Crippen molar-refractivity contribution in [2.24, 2.45) is 0 Å². The van der Waals surface area contributed by atoms with Crippen molar-refractivity contribution in [3.63, 3.8) is 0 Å². The van der Waals surface area contributed by atoms with Gasteiger partial charge in [-0.15, -0.1) is 11.8 Å². The maximum Gasteiger partial charge on any atom is 0.192 e. The molecule has 162 valence electrons. The molecule has 0 amide bonds. The van der Waals surface area contributed by atoms with Crippen molar-refractivity contribution in [3.05, 3.63) is 0 Å². The van der Waals surface area contributed by atoms with Gasteiger partial charge in [-0.1, -0.05) is 48.5 Å². The summed E-state index contributed by atoms with van der Waals surface area (Å²) < 4.78 is 19.8. The van der Waals surface area contributed by atoms with Crippen LogP contribution in [0.2, 0.25) is 36.3 Å². The van der Waals surface area contributed by atoms with Crippen molar-refractivity contribution >= 4 is 28.4 Å². The predicted molar refractivity (Wildman–Crippen MR) is 123 cm³/mol. The Kier molecular flexibility index (Phi) is 8.34. The van der Waals surface area contributed by atoms with E-state index in [1.807, 2.05) is 6.92 Å². The van der Waals surface area contributed by atoms with Crippen LogP contribution in [0.25, 0.3) is 0 Å². The van der Waals surface area contributed by atoms with Crippen LogP contribution in [0.3, 0.4) is 0 Å². The van der Waals surface area contributed by atoms with Gasteiger partial charge in [-0.3, -0.25) is 0 Å². The summed E-state index contributed by atoms with van der Waals surface area (Å²) in [5, 5.41) is 11.2. The maximum absolute atomic E-state index is 11.0. The summed E-state index contributed by atoms with van der Waals surface area (Å²) in [6, 6.07) is 0. The molecule has 0 spiro atoms. The maximum atomic E-state index is 11.0. The molecule has 0 aromatic heterocycles. The fourth-order valence-electron chi connectivity index (χ4n) is 2.58. The Hall–Kier alpha value is 0.624. The highest BCUT2D eigenvalue weighted by Gasteiger charge is 2.52. The number of aliphatic hydroxyl groups excluding tert-OH is 1. The van der Waals surface area contributed by atoms with E-state index in [1.165, 1.54) is 0 Å². The zero-order chi connectivity index (χ0) is 21.4. The van der Waals surface area contributed by atoms with E-state index in [-0.39, 0.29) is 33.8 Å². The van der Waals surface area contributed by atoms with Gasteiger partial charge < -0.3 is 18.7 Å². The number of aliphatic hydroxyl groups is 1. The molecule has 1 aliphatic heterocycles. The van der Waals surface area contributed by atoms with Gasteiger partial charge in [0.1, 0.15) is 23.7 Å². The predicted octanol–water partition coefficient (Wildman–Crippen LogP) is 5.63. The molecule has 0 unspecified atom stereocenters. The Morgan fingerprint density at radius 3 is 1.67 bits per heavy atom. The molecule has 7 heteroatoms. The van der Waals surface area contributed by atoms with Gasteiger partial charge >= 0.3 is 0 Å². The first-order valence-corrected chi connectivity index (χ1v) is 17.1. The van der Waals surface area contributed by atoms with Crippen LogP contribution in [0.5, 0.6) is 0 Å². The van der Waals surface area contributed by atoms with E-state index in [4.69, 9.17) is 13.6 Å². The van der Waals surface area contributed by atoms with E-state index in [0.29, 0.717) is 0 Å². The normalized spacial score (nSPS) is 31.2. The molecule has 0 aliphatic carbocycles. The van der Waals surface area contributed by atoms with Gasteiger partial charge in [0.25, 0.3) is 0 Å². The minimum absolute atomic E-state index is 0.0726. The Labute approximate surface area is 174 Å². The molecule has 0 saturated carbocycles. The second-order valence-corrected chi connectivity index (χ2v) is 21.7. The average molecular weight is 437 g/mol. The Bertz CT molecular complexity index is 485. The van der Waals surface area contributed by atoms with E-state index in [9.17, 15) is 5.11 Å². The van der Waals surface area contributed by atoms with Crippen LogP contribution in [0.15, 0.2) is 0 Å². The molecule has 1 fully saturated rings. The lowest BCUT2D eigenvalue weighted by Gasteiger charge is -2.51. The summed E-state index contributed by atoms with van der Waals surface area (Å²) in [7, 11) is -4.12. The molecular formula is C20H44O4SSi2. The van der Waals surface area contributed by atoms with Gasteiger partial charge in [-0.05, 0) is 48.9 Å². The van der Waals surface area contributed by atoms with Gasteiger partial charge in [0.2, 0.25) is 0 Å². The lowest BCUT2D eigenvalue weighted by atomic mass is 10.0. The third kappa shape index (κ3) is 6.06. The van der Waals surface area contributed by atoms with Crippen molar-refractivity contribution in [1.82, 2.24) is 0 Å². The van der Waals surface area contributed by atoms with Gasteiger partial charge in [0.15, 0.2) is 16.6 Å². The molecule has 0 aromatic carbocycles. The van der Waals surface area contributed by atoms with Crippen LogP contribution >= 0.6 is 11.8 Å². The molecule has 1 rings (SSSR count). The molecule has 0 aromatic rings. The second-order valence-electron chi connectivity index (χ2n) is 10.8. The number of thioether (sulfide) groups is 1. The minimum Gasteiger partial charge on any atom is -0.408 e. The summed E-state index contributed by atoms with van der Waals surface area (Å²) in [5.41, 5.74) is -0.114. The van der Waals surface area contributed by atoms with Gasteiger partial charge in [0.05, 0.1) is 6.10 Å². The number of hydrogen-bond donors (Lipinski definition) is 1. The standard InChI is InChI=1S/C20H44O4SSi2/c1-13-25-18-17(24-27(11,12)20(6,7)8)16(15(21)14(2)22-18)23-26(9,10)19(3,4)5/h14-18,21H,13H2,1-12H3/t14-,15+,16+,17-,18+/m0/s1. The van der Waals surface area contributed by atoms with Gasteiger partial charge in [-0.2, -0.15) is 0 Å². The fraction of sp³-hybridized carbons (Fsp3) is 1.00. The summed E-state index contributed by atoms with van der Waals surface area (Å²) >= 11 is 1.75. The van der Waals surface area contributed by atoms with E-state index in [2.05, 4.69) is 74.7 Å². The summed E-state index contributed by atoms with van der Waals surface area (Å²) in [4.78, 5) is 0. The lowest BCUT2D eigenvalue weighted by Crippen LogP contribution is -2.64. The lowest BCUT2D eigenvalue weighted by molar-refractivity contribution is -0.183. The molecule has 1 saturated heterocycles. The molecular weight excluding hydrogens is 392 g/mol. The van der Waals surface area contributed by atoms with Crippen molar-refractivity contribution in [2.75, 3.05) is 5.75 Å². The quantitative estimate of drug-likeness (QED) is 0.547. The first-order chi connectivity index (χ1) is 11.9. The van der Waals surface area contributed by atoms with Crippen molar-refractivity contribution in [3.8, 4) is 0 Å². The average Bonchev–Trinajstić information content (AvgIpc) is 2.45. The van der Waals surface area contributed by atoms with Crippen LogP contribution in [0, 0.1) is 0 Å². The van der Waals surface area contributed by atoms with E-state index >= 15 is 0 Å². The number of rotatable bonds is 6. The summed E-state index contributed by atoms with van der Waals surface area (Å²) in [5.74, 6) is 0.942. The number of ether oxygens (including phenoxy) is 1. The topological polar surface area (TPSA) is 47.9 Å². The molecule has 1 N–H and O–H groups in total. The zero-order valence-corrected chi connectivity index (χ0v) is 22.5. The molecule has 1 aliphatic rings. The fourth-order valence-corrected chi connectivity index (χ4v) is 6.26. The summed E-state index contributed by atoms with van der Waals surface area (Å²) in [6.45, 7) is 26.5. The van der Waals surface area contributed by atoms with E-state index < -0.39 is 22.7 Å².